The minimum atomic E-state index is -0.311. The van der Waals surface area contributed by atoms with Gasteiger partial charge in [-0.05, 0) is 30.2 Å². The number of benzene rings is 1. The molecule has 3 rings (SSSR count). The summed E-state index contributed by atoms with van der Waals surface area (Å²) in [4.78, 5) is 26.3. The molecule has 6 nitrogen and oxygen atoms in total. The van der Waals surface area contributed by atoms with Crippen LogP contribution in [0.1, 0.15) is 21.6 Å². The summed E-state index contributed by atoms with van der Waals surface area (Å²) in [6.45, 7) is 2.80. The van der Waals surface area contributed by atoms with Crippen molar-refractivity contribution in [3.05, 3.63) is 62.0 Å². The van der Waals surface area contributed by atoms with Gasteiger partial charge in [-0.2, -0.15) is 0 Å². The van der Waals surface area contributed by atoms with Crippen LogP contribution in [0, 0.1) is 6.92 Å². The summed E-state index contributed by atoms with van der Waals surface area (Å²) in [6, 6.07) is 7.33. The zero-order valence-corrected chi connectivity index (χ0v) is 14.4. The largest absolute Gasteiger partial charge is 0.564 e. The number of carbonyl (C=O) groups is 1. The fourth-order valence-corrected chi connectivity index (χ4v) is 2.98. The topological polar surface area (TPSA) is 63.6 Å². The molecule has 0 saturated carbocycles. The van der Waals surface area contributed by atoms with E-state index in [0.29, 0.717) is 13.2 Å². The van der Waals surface area contributed by atoms with Gasteiger partial charge in [-0.1, -0.05) is 22.0 Å². The Kier molecular flexibility index (Phi) is 4.17. The standard InChI is InChI=1S/C15H15BBrN3O3/c1-9-2-3-11(17)6-10(9)7-19-8-18-20-5-4-12(21)14(23-16)13(20)15(19)22/h2-6,18H,7-8,16H2,1H3. The van der Waals surface area contributed by atoms with Crippen LogP contribution in [-0.4, -0.2) is 30.2 Å². The second-order valence-corrected chi connectivity index (χ2v) is 6.24. The van der Waals surface area contributed by atoms with Crippen LogP contribution in [0.3, 0.4) is 0 Å². The van der Waals surface area contributed by atoms with Crippen molar-refractivity contribution in [2.24, 2.45) is 0 Å². The highest BCUT2D eigenvalue weighted by atomic mass is 79.9. The molecule has 1 aromatic carbocycles. The van der Waals surface area contributed by atoms with Gasteiger partial charge in [0.1, 0.15) is 6.67 Å². The van der Waals surface area contributed by atoms with Gasteiger partial charge in [0.05, 0.1) is 0 Å². The zero-order valence-electron chi connectivity index (χ0n) is 12.8. The zero-order chi connectivity index (χ0) is 16.6. The maximum absolute atomic E-state index is 12.8. The molecule has 0 saturated heterocycles. The average Bonchev–Trinajstić information content (AvgIpc) is 2.53. The van der Waals surface area contributed by atoms with Crippen LogP contribution < -0.4 is 15.5 Å². The molecular formula is C15H15BBrN3O3. The van der Waals surface area contributed by atoms with Crippen LogP contribution in [0.15, 0.2) is 39.7 Å². The van der Waals surface area contributed by atoms with Gasteiger partial charge < -0.3 is 15.0 Å². The average molecular weight is 376 g/mol. The predicted octanol–water partition coefficient (Wildman–Crippen LogP) is 1.00. The van der Waals surface area contributed by atoms with E-state index in [0.717, 1.165) is 15.6 Å². The monoisotopic (exact) mass is 375 g/mol. The molecule has 0 spiro atoms. The summed E-state index contributed by atoms with van der Waals surface area (Å²) in [5.74, 6) is -0.182. The Balaban J connectivity index is 1.96. The molecular weight excluding hydrogens is 361 g/mol. The van der Waals surface area contributed by atoms with E-state index in [-0.39, 0.29) is 22.8 Å². The van der Waals surface area contributed by atoms with Crippen molar-refractivity contribution in [2.75, 3.05) is 12.1 Å². The van der Waals surface area contributed by atoms with E-state index in [1.807, 2.05) is 25.1 Å². The second kappa shape index (κ2) is 6.12. The third-order valence-corrected chi connectivity index (χ3v) is 4.35. The Morgan fingerprint density at radius 3 is 2.87 bits per heavy atom. The lowest BCUT2D eigenvalue weighted by atomic mass is 10.1. The van der Waals surface area contributed by atoms with Crippen molar-refractivity contribution in [3.8, 4) is 5.75 Å². The predicted molar refractivity (Wildman–Crippen MR) is 92.9 cm³/mol. The Morgan fingerprint density at radius 1 is 1.35 bits per heavy atom. The maximum Gasteiger partial charge on any atom is 0.322 e. The smallest absolute Gasteiger partial charge is 0.322 e. The van der Waals surface area contributed by atoms with Gasteiger partial charge in [0, 0.05) is 23.3 Å². The van der Waals surface area contributed by atoms with Crippen molar-refractivity contribution >= 4 is 29.9 Å². The van der Waals surface area contributed by atoms with E-state index >= 15 is 0 Å². The quantitative estimate of drug-likeness (QED) is 0.813. The first-order valence-electron chi connectivity index (χ1n) is 7.09. The van der Waals surface area contributed by atoms with E-state index in [9.17, 15) is 9.59 Å². The fraction of sp³-hybridized carbons (Fsp3) is 0.200. The molecule has 1 aromatic heterocycles. The molecule has 0 atom stereocenters. The number of hydrogen-bond donors (Lipinski definition) is 1. The van der Waals surface area contributed by atoms with E-state index in [1.165, 1.54) is 18.8 Å². The third kappa shape index (κ3) is 2.86. The molecule has 0 bridgehead atoms. The molecule has 23 heavy (non-hydrogen) atoms. The second-order valence-electron chi connectivity index (χ2n) is 5.32. The lowest BCUT2D eigenvalue weighted by Gasteiger charge is -2.32. The number of nitrogens with one attached hydrogen (secondary N) is 1. The number of pyridine rings is 1. The minimum Gasteiger partial charge on any atom is -0.564 e. The molecule has 1 aliphatic heterocycles. The van der Waals surface area contributed by atoms with Crippen LogP contribution in [-0.2, 0) is 6.54 Å². The number of halogens is 1. The van der Waals surface area contributed by atoms with Gasteiger partial charge in [0.15, 0.2) is 11.4 Å². The van der Waals surface area contributed by atoms with Crippen molar-refractivity contribution in [2.45, 2.75) is 13.5 Å². The molecule has 1 aliphatic rings. The summed E-state index contributed by atoms with van der Waals surface area (Å²) in [6.07, 6.45) is 1.54. The Bertz CT molecular complexity index is 837. The molecule has 8 heteroatoms. The van der Waals surface area contributed by atoms with Gasteiger partial charge in [-0.3, -0.25) is 14.3 Å². The van der Waals surface area contributed by atoms with E-state index in [1.54, 1.807) is 11.1 Å². The van der Waals surface area contributed by atoms with Gasteiger partial charge in [0.2, 0.25) is 5.43 Å². The number of aromatic nitrogens is 1. The first kappa shape index (κ1) is 15.7. The normalized spacial score (nSPS) is 13.5. The first-order valence-corrected chi connectivity index (χ1v) is 7.88. The number of amides is 1. The number of hydrogen-bond acceptors (Lipinski definition) is 4. The van der Waals surface area contributed by atoms with Crippen LogP contribution in [0.2, 0.25) is 0 Å². The highest BCUT2D eigenvalue weighted by Gasteiger charge is 2.28. The van der Waals surface area contributed by atoms with Crippen molar-refractivity contribution in [3.63, 3.8) is 0 Å². The van der Waals surface area contributed by atoms with Crippen molar-refractivity contribution < 1.29 is 9.45 Å². The van der Waals surface area contributed by atoms with Crippen LogP contribution in [0.4, 0.5) is 0 Å². The number of nitrogens with zero attached hydrogens (tertiary/aromatic N) is 2. The number of fused-ring (bicyclic) bond motifs is 1. The summed E-state index contributed by atoms with van der Waals surface area (Å²) in [5, 5.41) is 0. The highest BCUT2D eigenvalue weighted by molar-refractivity contribution is 9.10. The Labute approximate surface area is 142 Å². The minimum absolute atomic E-state index is 0.0562. The molecule has 2 heterocycles. The van der Waals surface area contributed by atoms with Crippen LogP contribution in [0.25, 0.3) is 0 Å². The fourth-order valence-electron chi connectivity index (χ4n) is 2.57. The van der Waals surface area contributed by atoms with Crippen molar-refractivity contribution in [1.29, 1.82) is 0 Å². The molecule has 1 N–H and O–H groups in total. The molecule has 2 aromatic rings. The van der Waals surface area contributed by atoms with Gasteiger partial charge in [-0.25, -0.2) is 0 Å². The van der Waals surface area contributed by atoms with Gasteiger partial charge in [0.25, 0.3) is 5.91 Å². The summed E-state index contributed by atoms with van der Waals surface area (Å²) >= 11 is 3.45. The van der Waals surface area contributed by atoms with Crippen molar-refractivity contribution in [1.82, 2.24) is 9.58 Å². The van der Waals surface area contributed by atoms with Gasteiger partial charge in [-0.15, -0.1) is 0 Å². The molecule has 0 aliphatic carbocycles. The summed E-state index contributed by atoms with van der Waals surface area (Å²) < 4.78 is 7.62. The first-order chi connectivity index (χ1) is 11.0. The number of rotatable bonds is 3. The van der Waals surface area contributed by atoms with Gasteiger partial charge >= 0.3 is 8.05 Å². The van der Waals surface area contributed by atoms with Crippen LogP contribution >= 0.6 is 15.9 Å². The molecule has 0 fully saturated rings. The summed E-state index contributed by atoms with van der Waals surface area (Å²) in [7, 11) is 1.39. The molecule has 0 radical (unpaired) electrons. The molecule has 118 valence electrons. The lowest BCUT2D eigenvalue weighted by Crippen LogP contribution is -2.46. The molecule has 1 amide bonds. The SMILES string of the molecule is BOc1c2n(ccc1=O)NCN(Cc1cc(Br)ccc1C)C2=O. The van der Waals surface area contributed by atoms with Crippen LogP contribution in [0.5, 0.6) is 5.75 Å². The Hall–Kier alpha value is -2.22. The lowest BCUT2D eigenvalue weighted by molar-refractivity contribution is 0.0711. The Morgan fingerprint density at radius 2 is 2.13 bits per heavy atom. The maximum atomic E-state index is 12.8. The third-order valence-electron chi connectivity index (χ3n) is 3.85. The van der Waals surface area contributed by atoms with E-state index in [2.05, 4.69) is 21.4 Å². The van der Waals surface area contributed by atoms with E-state index < -0.39 is 0 Å². The number of aryl methyl sites for hydroxylation is 1. The number of carbonyl (C=O) groups excluding carboxylic acids is 1. The summed E-state index contributed by atoms with van der Waals surface area (Å²) in [5.41, 5.74) is 5.14. The highest BCUT2D eigenvalue weighted by Crippen LogP contribution is 2.22. The molecule has 0 unspecified atom stereocenters. The van der Waals surface area contributed by atoms with E-state index in [4.69, 9.17) is 4.65 Å².